The molecule has 1 atom stereocenters. The van der Waals surface area contributed by atoms with Gasteiger partial charge in [-0.3, -0.25) is 9.59 Å². The van der Waals surface area contributed by atoms with Gasteiger partial charge in [-0.2, -0.15) is 0 Å². The number of nitrogens with one attached hydrogen (secondary N) is 1. The average Bonchev–Trinajstić information content (AvgIpc) is 3.36. The smallest absolute Gasteiger partial charge is 0.254 e. The van der Waals surface area contributed by atoms with E-state index in [2.05, 4.69) is 4.98 Å². The lowest BCUT2D eigenvalue weighted by atomic mass is 9.87. The lowest BCUT2D eigenvalue weighted by molar-refractivity contribution is 0.0791. The molecule has 6 heteroatoms. The minimum atomic E-state index is -0.498. The molecule has 0 bridgehead atoms. The zero-order chi connectivity index (χ0) is 20.7. The molecule has 3 N–H and O–H groups in total. The van der Waals surface area contributed by atoms with Crippen LogP contribution < -0.4 is 5.73 Å². The minimum absolute atomic E-state index is 0.0182. The van der Waals surface area contributed by atoms with Gasteiger partial charge in [0.2, 0.25) is 5.91 Å². The van der Waals surface area contributed by atoms with Crippen LogP contribution in [0.5, 0.6) is 0 Å². The number of benzene rings is 2. The van der Waals surface area contributed by atoms with E-state index in [-0.39, 0.29) is 11.8 Å². The second-order valence-corrected chi connectivity index (χ2v) is 7.93. The van der Waals surface area contributed by atoms with Crippen molar-refractivity contribution in [2.24, 2.45) is 5.73 Å². The van der Waals surface area contributed by atoms with Crippen LogP contribution in [0.25, 0.3) is 11.0 Å². The second kappa shape index (κ2) is 7.35. The Bertz CT molecular complexity index is 1110. The molecule has 0 radical (unpaired) electrons. The van der Waals surface area contributed by atoms with Gasteiger partial charge in [0, 0.05) is 30.1 Å². The molecule has 1 aromatic heterocycles. The summed E-state index contributed by atoms with van der Waals surface area (Å²) < 4.78 is 0. The number of hydrogen-bond acceptors (Lipinski definition) is 3. The molecule has 1 aliphatic rings. The molecule has 3 aromatic rings. The van der Waals surface area contributed by atoms with Crippen LogP contribution in [0.4, 0.5) is 0 Å². The van der Waals surface area contributed by atoms with Crippen LogP contribution in [0, 0.1) is 13.8 Å². The SMILES string of the molecule is Cc1ccc2[nH]c(C(C)c3c(C(N)=O)ccc(C(=O)N4CCCC4)c3C)nc2c1. The molecule has 0 saturated carbocycles. The fraction of sp³-hybridized carbons (Fsp3) is 0.348. The van der Waals surface area contributed by atoms with E-state index in [1.807, 2.05) is 43.9 Å². The van der Waals surface area contributed by atoms with Crippen LogP contribution in [-0.2, 0) is 0 Å². The van der Waals surface area contributed by atoms with Gasteiger partial charge in [0.25, 0.3) is 5.91 Å². The van der Waals surface area contributed by atoms with E-state index in [0.717, 1.165) is 59.5 Å². The van der Waals surface area contributed by atoms with Crippen molar-refractivity contribution in [3.05, 3.63) is 64.0 Å². The first kappa shape index (κ1) is 19.2. The molecule has 2 amide bonds. The Morgan fingerprint density at radius 3 is 2.48 bits per heavy atom. The Morgan fingerprint density at radius 1 is 1.10 bits per heavy atom. The summed E-state index contributed by atoms with van der Waals surface area (Å²) in [6.07, 6.45) is 2.07. The topological polar surface area (TPSA) is 92.1 Å². The number of nitrogens with zero attached hydrogens (tertiary/aromatic N) is 2. The molecule has 6 nitrogen and oxygen atoms in total. The zero-order valence-corrected chi connectivity index (χ0v) is 17.1. The Kier molecular flexibility index (Phi) is 4.86. The predicted molar refractivity (Wildman–Crippen MR) is 113 cm³/mol. The Labute approximate surface area is 170 Å². The molecule has 1 aliphatic heterocycles. The van der Waals surface area contributed by atoms with Crippen molar-refractivity contribution in [1.82, 2.24) is 14.9 Å². The standard InChI is InChI=1S/C23H26N4O2/c1-13-6-9-18-19(12-13)26-22(25-18)15(3)20-14(2)16(7-8-17(20)21(24)28)23(29)27-10-4-5-11-27/h6-9,12,15H,4-5,10-11H2,1-3H3,(H2,24,28)(H,25,26). The van der Waals surface area contributed by atoms with Crippen LogP contribution in [0.15, 0.2) is 30.3 Å². The number of carbonyl (C=O) groups is 2. The molecule has 150 valence electrons. The highest BCUT2D eigenvalue weighted by Crippen LogP contribution is 2.32. The summed E-state index contributed by atoms with van der Waals surface area (Å²) in [5, 5.41) is 0. The molecule has 1 unspecified atom stereocenters. The number of carbonyl (C=O) groups excluding carboxylic acids is 2. The summed E-state index contributed by atoms with van der Waals surface area (Å²) in [5.41, 5.74) is 11.3. The predicted octanol–water partition coefficient (Wildman–Crippen LogP) is 3.67. The number of H-pyrrole nitrogens is 1. The molecule has 1 saturated heterocycles. The maximum Gasteiger partial charge on any atom is 0.254 e. The van der Waals surface area contributed by atoms with E-state index in [9.17, 15) is 9.59 Å². The third-order valence-electron chi connectivity index (χ3n) is 5.90. The van der Waals surface area contributed by atoms with Gasteiger partial charge >= 0.3 is 0 Å². The highest BCUT2D eigenvalue weighted by atomic mass is 16.2. The average molecular weight is 390 g/mol. The summed E-state index contributed by atoms with van der Waals surface area (Å²) in [6.45, 7) is 7.48. The summed E-state index contributed by atoms with van der Waals surface area (Å²) in [4.78, 5) is 35.2. The molecular weight excluding hydrogens is 364 g/mol. The molecule has 29 heavy (non-hydrogen) atoms. The van der Waals surface area contributed by atoms with Crippen LogP contribution in [-0.4, -0.2) is 39.8 Å². The maximum atomic E-state index is 13.0. The van der Waals surface area contributed by atoms with Crippen molar-refractivity contribution in [3.8, 4) is 0 Å². The number of aromatic amines is 1. The molecule has 4 rings (SSSR count). The van der Waals surface area contributed by atoms with Crippen molar-refractivity contribution < 1.29 is 9.59 Å². The monoisotopic (exact) mass is 390 g/mol. The van der Waals surface area contributed by atoms with Gasteiger partial charge in [-0.25, -0.2) is 4.98 Å². The largest absolute Gasteiger partial charge is 0.366 e. The molecular formula is C23H26N4O2. The van der Waals surface area contributed by atoms with E-state index in [4.69, 9.17) is 10.7 Å². The van der Waals surface area contributed by atoms with E-state index >= 15 is 0 Å². The van der Waals surface area contributed by atoms with Crippen molar-refractivity contribution in [1.29, 1.82) is 0 Å². The molecule has 2 aromatic carbocycles. The van der Waals surface area contributed by atoms with E-state index in [0.29, 0.717) is 11.1 Å². The molecule has 0 aliphatic carbocycles. The first-order valence-corrected chi connectivity index (χ1v) is 10.1. The fourth-order valence-electron chi connectivity index (χ4n) is 4.30. The zero-order valence-electron chi connectivity index (χ0n) is 17.1. The third-order valence-corrected chi connectivity index (χ3v) is 5.90. The number of nitrogens with two attached hydrogens (primary N) is 1. The highest BCUT2D eigenvalue weighted by molar-refractivity contribution is 6.00. The third kappa shape index (κ3) is 3.39. The van der Waals surface area contributed by atoms with E-state index in [1.165, 1.54) is 0 Å². The van der Waals surface area contributed by atoms with Gasteiger partial charge in [0.15, 0.2) is 0 Å². The molecule has 1 fully saturated rings. The second-order valence-electron chi connectivity index (χ2n) is 7.93. The number of hydrogen-bond donors (Lipinski definition) is 2. The van der Waals surface area contributed by atoms with Crippen molar-refractivity contribution in [2.75, 3.05) is 13.1 Å². The normalized spacial score (nSPS) is 15.1. The maximum absolute atomic E-state index is 13.0. The quantitative estimate of drug-likeness (QED) is 0.712. The van der Waals surface area contributed by atoms with Gasteiger partial charge in [0.1, 0.15) is 5.82 Å². The lowest BCUT2D eigenvalue weighted by Gasteiger charge is -2.22. The van der Waals surface area contributed by atoms with Crippen LogP contribution >= 0.6 is 0 Å². The highest BCUT2D eigenvalue weighted by Gasteiger charge is 2.27. The number of fused-ring (bicyclic) bond motifs is 1. The summed E-state index contributed by atoms with van der Waals surface area (Å²) in [6, 6.07) is 9.47. The number of primary amides is 1. The first-order chi connectivity index (χ1) is 13.9. The lowest BCUT2D eigenvalue weighted by Crippen LogP contribution is -2.29. The van der Waals surface area contributed by atoms with Crippen LogP contribution in [0.3, 0.4) is 0 Å². The fourth-order valence-corrected chi connectivity index (χ4v) is 4.30. The number of amides is 2. The number of aromatic nitrogens is 2. The van der Waals surface area contributed by atoms with Gasteiger partial charge in [-0.15, -0.1) is 0 Å². The van der Waals surface area contributed by atoms with Gasteiger partial charge in [-0.1, -0.05) is 13.0 Å². The van der Waals surface area contributed by atoms with Gasteiger partial charge in [-0.05, 0) is 67.6 Å². The number of likely N-dealkylation sites (tertiary alicyclic amines) is 1. The molecule has 0 spiro atoms. The summed E-state index contributed by atoms with van der Waals surface area (Å²) in [7, 11) is 0. The van der Waals surface area contributed by atoms with Crippen LogP contribution in [0.1, 0.15) is 68.9 Å². The summed E-state index contributed by atoms with van der Waals surface area (Å²) in [5.74, 6) is 0.0604. The van der Waals surface area contributed by atoms with Crippen molar-refractivity contribution >= 4 is 22.8 Å². The van der Waals surface area contributed by atoms with Gasteiger partial charge < -0.3 is 15.6 Å². The first-order valence-electron chi connectivity index (χ1n) is 10.1. The Balaban J connectivity index is 1.81. The van der Waals surface area contributed by atoms with Crippen molar-refractivity contribution in [3.63, 3.8) is 0 Å². The minimum Gasteiger partial charge on any atom is -0.366 e. The van der Waals surface area contributed by atoms with Crippen LogP contribution in [0.2, 0.25) is 0 Å². The Morgan fingerprint density at radius 2 is 1.79 bits per heavy atom. The van der Waals surface area contributed by atoms with E-state index in [1.54, 1.807) is 12.1 Å². The summed E-state index contributed by atoms with van der Waals surface area (Å²) >= 11 is 0. The number of imidazole rings is 1. The van der Waals surface area contributed by atoms with E-state index < -0.39 is 5.91 Å². The Hall–Kier alpha value is -3.15. The molecule has 2 heterocycles. The van der Waals surface area contributed by atoms with Crippen molar-refractivity contribution in [2.45, 2.75) is 39.5 Å². The van der Waals surface area contributed by atoms with Gasteiger partial charge in [0.05, 0.1) is 11.0 Å². The number of aryl methyl sites for hydroxylation is 1. The number of rotatable bonds is 4.